The summed E-state index contributed by atoms with van der Waals surface area (Å²) in [5.74, 6) is 1.72. The second kappa shape index (κ2) is 9.10. The number of halogens is 1. The van der Waals surface area contributed by atoms with Gasteiger partial charge in [0.15, 0.2) is 0 Å². The minimum atomic E-state index is -0.148. The third-order valence-corrected chi connectivity index (χ3v) is 4.25. The number of ether oxygens (including phenoxy) is 2. The van der Waals surface area contributed by atoms with E-state index in [1.807, 2.05) is 36.4 Å². The van der Waals surface area contributed by atoms with E-state index in [4.69, 9.17) is 21.1 Å². The molecule has 0 saturated carbocycles. The van der Waals surface area contributed by atoms with Gasteiger partial charge in [0.2, 0.25) is 5.91 Å². The maximum Gasteiger partial charge on any atom is 0.229 e. The highest BCUT2D eigenvalue weighted by Crippen LogP contribution is 2.31. The summed E-state index contributed by atoms with van der Waals surface area (Å²) in [4.78, 5) is 16.4. The number of carbonyl (C=O) groups is 1. The lowest BCUT2D eigenvalue weighted by molar-refractivity contribution is -0.115. The fraction of sp³-hybridized carbons (Fsp3) is 0.143. The van der Waals surface area contributed by atoms with E-state index in [0.29, 0.717) is 22.3 Å². The van der Waals surface area contributed by atoms with Crippen LogP contribution in [0.15, 0.2) is 60.8 Å². The van der Waals surface area contributed by atoms with E-state index in [2.05, 4.69) is 15.6 Å². The first-order valence-corrected chi connectivity index (χ1v) is 8.94. The van der Waals surface area contributed by atoms with Crippen molar-refractivity contribution in [3.8, 4) is 11.5 Å². The van der Waals surface area contributed by atoms with Crippen LogP contribution in [-0.4, -0.2) is 25.1 Å². The Morgan fingerprint density at radius 3 is 2.46 bits per heavy atom. The summed E-state index contributed by atoms with van der Waals surface area (Å²) in [7, 11) is 3.21. The van der Waals surface area contributed by atoms with Gasteiger partial charge in [-0.2, -0.15) is 0 Å². The van der Waals surface area contributed by atoms with Crippen LogP contribution in [-0.2, 0) is 11.2 Å². The Morgan fingerprint density at radius 2 is 1.82 bits per heavy atom. The van der Waals surface area contributed by atoms with Gasteiger partial charge in [-0.25, -0.2) is 4.98 Å². The van der Waals surface area contributed by atoms with Crippen LogP contribution in [0.2, 0.25) is 5.02 Å². The molecule has 0 saturated heterocycles. The number of hydrogen-bond acceptors (Lipinski definition) is 5. The van der Waals surface area contributed by atoms with Crippen molar-refractivity contribution in [1.29, 1.82) is 0 Å². The van der Waals surface area contributed by atoms with Crippen LogP contribution in [0.1, 0.15) is 5.56 Å². The van der Waals surface area contributed by atoms with Gasteiger partial charge in [-0.3, -0.25) is 4.79 Å². The normalized spacial score (nSPS) is 10.2. The number of nitrogens with one attached hydrogen (secondary N) is 2. The summed E-state index contributed by atoms with van der Waals surface area (Å²) in [6.45, 7) is 0. The van der Waals surface area contributed by atoms with Crippen molar-refractivity contribution in [1.82, 2.24) is 4.98 Å². The average Bonchev–Trinajstić information content (AvgIpc) is 2.71. The summed E-state index contributed by atoms with van der Waals surface area (Å²) in [5.41, 5.74) is 2.38. The molecule has 1 heterocycles. The number of pyridine rings is 1. The minimum absolute atomic E-state index is 0.148. The Morgan fingerprint density at radius 1 is 1.04 bits per heavy atom. The smallest absolute Gasteiger partial charge is 0.229 e. The number of hydrogen-bond donors (Lipinski definition) is 2. The lowest BCUT2D eigenvalue weighted by atomic mass is 10.1. The number of rotatable bonds is 7. The molecule has 1 amide bonds. The monoisotopic (exact) mass is 397 g/mol. The van der Waals surface area contributed by atoms with Gasteiger partial charge in [0, 0.05) is 11.1 Å². The quantitative estimate of drug-likeness (QED) is 0.605. The zero-order valence-electron chi connectivity index (χ0n) is 15.5. The van der Waals surface area contributed by atoms with Crippen LogP contribution in [0.4, 0.5) is 17.2 Å². The molecule has 0 spiro atoms. The van der Waals surface area contributed by atoms with Gasteiger partial charge in [-0.05, 0) is 42.0 Å². The number of nitrogens with zero attached hydrogens (tertiary/aromatic N) is 1. The number of aromatic nitrogens is 1. The molecule has 2 aromatic carbocycles. The first-order valence-electron chi connectivity index (χ1n) is 8.57. The van der Waals surface area contributed by atoms with Crippen LogP contribution in [0, 0.1) is 0 Å². The van der Waals surface area contributed by atoms with Crippen LogP contribution in [0.5, 0.6) is 11.5 Å². The Balaban J connectivity index is 1.63. The maximum atomic E-state index is 12.2. The summed E-state index contributed by atoms with van der Waals surface area (Å²) in [6, 6.07) is 16.2. The minimum Gasteiger partial charge on any atom is -0.497 e. The van der Waals surface area contributed by atoms with Crippen molar-refractivity contribution in [2.24, 2.45) is 0 Å². The molecule has 6 nitrogen and oxygen atoms in total. The Bertz CT molecular complexity index is 944. The zero-order chi connectivity index (χ0) is 19.9. The summed E-state index contributed by atoms with van der Waals surface area (Å²) in [6.07, 6.45) is 1.89. The summed E-state index contributed by atoms with van der Waals surface area (Å²) < 4.78 is 10.6. The van der Waals surface area contributed by atoms with Crippen molar-refractivity contribution in [3.05, 3.63) is 71.4 Å². The maximum absolute atomic E-state index is 12.2. The Hall–Kier alpha value is -3.25. The van der Waals surface area contributed by atoms with Gasteiger partial charge >= 0.3 is 0 Å². The molecule has 2 N–H and O–H groups in total. The molecule has 0 bridgehead atoms. The molecular formula is C21H20ClN3O3. The summed E-state index contributed by atoms with van der Waals surface area (Å²) in [5, 5.41) is 6.65. The Kier molecular flexibility index (Phi) is 6.34. The zero-order valence-corrected chi connectivity index (χ0v) is 16.3. The number of amides is 1. The number of benzene rings is 2. The predicted molar refractivity (Wildman–Crippen MR) is 111 cm³/mol. The Labute approximate surface area is 168 Å². The molecule has 3 rings (SSSR count). The SMILES string of the molecule is COc1ccc(OC)c(Nc2ccc(NC(=O)Cc3ccc(Cl)cc3)nc2)c1. The highest BCUT2D eigenvalue weighted by molar-refractivity contribution is 6.30. The van der Waals surface area contributed by atoms with Crippen molar-refractivity contribution in [3.63, 3.8) is 0 Å². The highest BCUT2D eigenvalue weighted by Gasteiger charge is 2.08. The second-order valence-corrected chi connectivity index (χ2v) is 6.41. The predicted octanol–water partition coefficient (Wildman–Crippen LogP) is 4.68. The molecule has 0 radical (unpaired) electrons. The van der Waals surface area contributed by atoms with E-state index in [1.54, 1.807) is 38.6 Å². The average molecular weight is 398 g/mol. The van der Waals surface area contributed by atoms with Gasteiger partial charge in [0.1, 0.15) is 17.3 Å². The van der Waals surface area contributed by atoms with Gasteiger partial charge in [0.25, 0.3) is 0 Å². The van der Waals surface area contributed by atoms with Crippen molar-refractivity contribution in [2.45, 2.75) is 6.42 Å². The van der Waals surface area contributed by atoms with Crippen LogP contribution in [0.25, 0.3) is 0 Å². The molecule has 144 valence electrons. The molecule has 1 aromatic heterocycles. The van der Waals surface area contributed by atoms with Gasteiger partial charge < -0.3 is 20.1 Å². The van der Waals surface area contributed by atoms with Crippen molar-refractivity contribution >= 4 is 34.7 Å². The largest absolute Gasteiger partial charge is 0.497 e. The molecular weight excluding hydrogens is 378 g/mol. The molecule has 7 heteroatoms. The molecule has 0 fully saturated rings. The van der Waals surface area contributed by atoms with Crippen molar-refractivity contribution in [2.75, 3.05) is 24.9 Å². The van der Waals surface area contributed by atoms with E-state index < -0.39 is 0 Å². The standard InChI is InChI=1S/C21H20ClN3O3/c1-27-17-8-9-19(28-2)18(12-17)24-16-7-10-20(23-13-16)25-21(26)11-14-3-5-15(22)6-4-14/h3-10,12-13,24H,11H2,1-2H3,(H,23,25,26). The van der Waals surface area contributed by atoms with Crippen LogP contribution >= 0.6 is 11.6 Å². The van der Waals surface area contributed by atoms with Gasteiger partial charge in [-0.15, -0.1) is 0 Å². The lowest BCUT2D eigenvalue weighted by Crippen LogP contribution is -2.15. The second-order valence-electron chi connectivity index (χ2n) is 5.97. The first-order chi connectivity index (χ1) is 13.6. The van der Waals surface area contributed by atoms with Gasteiger partial charge in [-0.1, -0.05) is 23.7 Å². The van der Waals surface area contributed by atoms with E-state index in [-0.39, 0.29) is 12.3 Å². The van der Waals surface area contributed by atoms with E-state index in [1.165, 1.54) is 0 Å². The molecule has 0 aliphatic heterocycles. The number of methoxy groups -OCH3 is 2. The highest BCUT2D eigenvalue weighted by atomic mass is 35.5. The molecule has 0 atom stereocenters. The third-order valence-electron chi connectivity index (χ3n) is 3.99. The van der Waals surface area contributed by atoms with E-state index in [9.17, 15) is 4.79 Å². The van der Waals surface area contributed by atoms with Crippen molar-refractivity contribution < 1.29 is 14.3 Å². The number of carbonyl (C=O) groups excluding carboxylic acids is 1. The lowest BCUT2D eigenvalue weighted by Gasteiger charge is -2.13. The van der Waals surface area contributed by atoms with Gasteiger partial charge in [0.05, 0.1) is 38.2 Å². The first kappa shape index (κ1) is 19.5. The molecule has 0 unspecified atom stereocenters. The molecule has 28 heavy (non-hydrogen) atoms. The molecule has 0 aliphatic carbocycles. The fourth-order valence-electron chi connectivity index (χ4n) is 2.58. The van der Waals surface area contributed by atoms with E-state index in [0.717, 1.165) is 16.9 Å². The molecule has 0 aliphatic rings. The van der Waals surface area contributed by atoms with Crippen LogP contribution < -0.4 is 20.1 Å². The summed E-state index contributed by atoms with van der Waals surface area (Å²) >= 11 is 5.86. The number of anilines is 3. The van der Waals surface area contributed by atoms with E-state index >= 15 is 0 Å². The molecule has 3 aromatic rings. The van der Waals surface area contributed by atoms with Crippen LogP contribution in [0.3, 0.4) is 0 Å². The third kappa shape index (κ3) is 5.14. The fourth-order valence-corrected chi connectivity index (χ4v) is 2.71. The topological polar surface area (TPSA) is 72.5 Å².